The van der Waals surface area contributed by atoms with Gasteiger partial charge in [0.1, 0.15) is 0 Å². The molecule has 1 amide bonds. The molecular weight excluding hydrogens is 302 g/mol. The van der Waals surface area contributed by atoms with E-state index in [1.165, 1.54) is 0 Å². The first-order chi connectivity index (χ1) is 11.4. The zero-order valence-corrected chi connectivity index (χ0v) is 13.9. The molecule has 0 spiro atoms. The molecule has 0 aliphatic carbocycles. The number of aromatic nitrogens is 1. The van der Waals surface area contributed by atoms with Crippen molar-refractivity contribution in [2.75, 3.05) is 0 Å². The summed E-state index contributed by atoms with van der Waals surface area (Å²) in [5.41, 5.74) is 2.64. The number of fused-ring (bicyclic) bond motifs is 1. The summed E-state index contributed by atoms with van der Waals surface area (Å²) in [4.78, 5) is 15.0. The molecule has 1 heterocycles. The van der Waals surface area contributed by atoms with Gasteiger partial charge in [0.15, 0.2) is 5.69 Å². The number of nitrogens with one attached hydrogen (secondary N) is 1. The predicted octanol–water partition coefficient (Wildman–Crippen LogP) is 5.10. The Hall–Kier alpha value is -2.95. The maximum atomic E-state index is 12.2. The van der Waals surface area contributed by atoms with Crippen molar-refractivity contribution in [2.45, 2.75) is 26.2 Å². The molecule has 0 bridgehead atoms. The van der Waals surface area contributed by atoms with Crippen molar-refractivity contribution in [1.29, 1.82) is 0 Å². The number of aromatic amines is 1. The molecular formula is C19H19N3O2. The molecule has 2 aromatic carbocycles. The highest BCUT2D eigenvalue weighted by Crippen LogP contribution is 2.35. The van der Waals surface area contributed by atoms with Crippen LogP contribution in [0, 0.1) is 0 Å². The number of azo groups is 1. The maximum Gasteiger partial charge on any atom is 0.295 e. The number of amides is 1. The van der Waals surface area contributed by atoms with Crippen molar-refractivity contribution in [1.82, 2.24) is 4.98 Å². The molecule has 0 radical (unpaired) electrons. The van der Waals surface area contributed by atoms with Crippen LogP contribution in [-0.4, -0.2) is 16.0 Å². The molecule has 0 saturated heterocycles. The van der Waals surface area contributed by atoms with E-state index >= 15 is 0 Å². The first-order valence-electron chi connectivity index (χ1n) is 7.72. The smallest absolute Gasteiger partial charge is 0.295 e. The number of H-pyrrole nitrogens is 1. The quantitative estimate of drug-likeness (QED) is 0.644. The van der Waals surface area contributed by atoms with E-state index in [1.54, 1.807) is 12.1 Å². The van der Waals surface area contributed by atoms with Crippen LogP contribution in [0.15, 0.2) is 58.8 Å². The van der Waals surface area contributed by atoms with Crippen LogP contribution in [0.3, 0.4) is 0 Å². The Kier molecular flexibility index (Phi) is 3.93. The van der Waals surface area contributed by atoms with E-state index in [9.17, 15) is 9.90 Å². The number of para-hydroxylation sites is 1. The van der Waals surface area contributed by atoms with Crippen LogP contribution >= 0.6 is 0 Å². The molecule has 24 heavy (non-hydrogen) atoms. The van der Waals surface area contributed by atoms with Crippen LogP contribution in [0.4, 0.5) is 5.69 Å². The SMILES string of the molecule is CC(C)(C)c1ccc(C(=O)N=Nc2c(O)[nH]c3ccccc23)cc1. The molecule has 0 atom stereocenters. The fourth-order valence-corrected chi connectivity index (χ4v) is 2.48. The van der Waals surface area contributed by atoms with Gasteiger partial charge in [-0.25, -0.2) is 0 Å². The maximum absolute atomic E-state index is 12.2. The summed E-state index contributed by atoms with van der Waals surface area (Å²) in [7, 11) is 0. The van der Waals surface area contributed by atoms with Crippen molar-refractivity contribution in [2.24, 2.45) is 10.2 Å². The third-order valence-electron chi connectivity index (χ3n) is 3.90. The monoisotopic (exact) mass is 321 g/mol. The number of hydrogen-bond donors (Lipinski definition) is 2. The van der Waals surface area contributed by atoms with Gasteiger partial charge in [0.05, 0.1) is 5.52 Å². The third kappa shape index (κ3) is 3.06. The van der Waals surface area contributed by atoms with Crippen LogP contribution in [0.5, 0.6) is 5.88 Å². The van der Waals surface area contributed by atoms with E-state index in [2.05, 4.69) is 36.0 Å². The first-order valence-corrected chi connectivity index (χ1v) is 7.72. The molecule has 3 aromatic rings. The van der Waals surface area contributed by atoms with Gasteiger partial charge in [0.25, 0.3) is 5.91 Å². The number of aromatic hydroxyl groups is 1. The second-order valence-corrected chi connectivity index (χ2v) is 6.70. The molecule has 122 valence electrons. The van der Waals surface area contributed by atoms with Gasteiger partial charge in [-0.05, 0) is 29.2 Å². The lowest BCUT2D eigenvalue weighted by molar-refractivity contribution is 0.0995. The van der Waals surface area contributed by atoms with Crippen molar-refractivity contribution in [3.63, 3.8) is 0 Å². The molecule has 0 aliphatic rings. The minimum atomic E-state index is -0.444. The second kappa shape index (κ2) is 5.92. The van der Waals surface area contributed by atoms with Crippen LogP contribution in [0.2, 0.25) is 0 Å². The van der Waals surface area contributed by atoms with Crippen molar-refractivity contribution < 1.29 is 9.90 Å². The molecule has 2 N–H and O–H groups in total. The summed E-state index contributed by atoms with van der Waals surface area (Å²) in [5, 5.41) is 18.3. The number of hydrogen-bond acceptors (Lipinski definition) is 3. The van der Waals surface area contributed by atoms with Gasteiger partial charge in [-0.2, -0.15) is 0 Å². The molecule has 5 nitrogen and oxygen atoms in total. The van der Waals surface area contributed by atoms with Gasteiger partial charge in [-0.3, -0.25) is 4.79 Å². The Labute approximate surface area is 140 Å². The minimum absolute atomic E-state index is 0.0267. The van der Waals surface area contributed by atoms with Crippen LogP contribution in [-0.2, 0) is 5.41 Å². The fraction of sp³-hybridized carbons (Fsp3) is 0.211. The van der Waals surface area contributed by atoms with E-state index < -0.39 is 5.91 Å². The molecule has 0 saturated carbocycles. The molecule has 0 unspecified atom stereocenters. The van der Waals surface area contributed by atoms with Crippen LogP contribution in [0.1, 0.15) is 36.7 Å². The average Bonchev–Trinajstić information content (AvgIpc) is 2.87. The van der Waals surface area contributed by atoms with Crippen molar-refractivity contribution in [3.8, 4) is 5.88 Å². The highest BCUT2D eigenvalue weighted by Gasteiger charge is 2.15. The van der Waals surface area contributed by atoms with Crippen molar-refractivity contribution >= 4 is 22.5 Å². The number of carbonyl (C=O) groups is 1. The van der Waals surface area contributed by atoms with Gasteiger partial charge < -0.3 is 10.1 Å². The Morgan fingerprint density at radius 3 is 2.38 bits per heavy atom. The van der Waals surface area contributed by atoms with E-state index in [0.717, 1.165) is 16.5 Å². The summed E-state index contributed by atoms with van der Waals surface area (Å²) in [6, 6.07) is 14.7. The molecule has 1 aromatic heterocycles. The summed E-state index contributed by atoms with van der Waals surface area (Å²) in [6.07, 6.45) is 0. The number of nitrogens with zero attached hydrogens (tertiary/aromatic N) is 2. The Morgan fingerprint density at radius 2 is 1.71 bits per heavy atom. The van der Waals surface area contributed by atoms with E-state index in [-0.39, 0.29) is 17.0 Å². The second-order valence-electron chi connectivity index (χ2n) is 6.70. The van der Waals surface area contributed by atoms with Crippen LogP contribution in [0.25, 0.3) is 10.9 Å². The highest BCUT2D eigenvalue weighted by atomic mass is 16.3. The Bertz CT molecular complexity index is 916. The summed E-state index contributed by atoms with van der Waals surface area (Å²) in [5.74, 6) is -0.545. The van der Waals surface area contributed by atoms with E-state index in [1.807, 2.05) is 36.4 Å². The fourth-order valence-electron chi connectivity index (χ4n) is 2.48. The van der Waals surface area contributed by atoms with Gasteiger partial charge in [0, 0.05) is 10.9 Å². The summed E-state index contributed by atoms with van der Waals surface area (Å²) in [6.45, 7) is 6.34. The molecule has 0 fully saturated rings. The van der Waals surface area contributed by atoms with Crippen molar-refractivity contribution in [3.05, 3.63) is 59.7 Å². The molecule has 3 rings (SSSR count). The van der Waals surface area contributed by atoms with Gasteiger partial charge in [-0.1, -0.05) is 51.1 Å². The Morgan fingerprint density at radius 1 is 1.04 bits per heavy atom. The largest absolute Gasteiger partial charge is 0.493 e. The number of rotatable bonds is 2. The molecule has 5 heteroatoms. The van der Waals surface area contributed by atoms with E-state index in [4.69, 9.17) is 0 Å². The predicted molar refractivity (Wildman–Crippen MR) is 94.0 cm³/mol. The zero-order chi connectivity index (χ0) is 17.3. The number of carbonyl (C=O) groups excluding carboxylic acids is 1. The normalized spacial score (nSPS) is 12.1. The summed E-state index contributed by atoms with van der Waals surface area (Å²) < 4.78 is 0. The van der Waals surface area contributed by atoms with Crippen LogP contribution < -0.4 is 0 Å². The topological polar surface area (TPSA) is 77.8 Å². The lowest BCUT2D eigenvalue weighted by Gasteiger charge is -2.18. The Balaban J connectivity index is 1.86. The highest BCUT2D eigenvalue weighted by molar-refractivity contribution is 5.96. The summed E-state index contributed by atoms with van der Waals surface area (Å²) >= 11 is 0. The third-order valence-corrected chi connectivity index (χ3v) is 3.90. The minimum Gasteiger partial charge on any atom is -0.493 e. The molecule has 0 aliphatic heterocycles. The van der Waals surface area contributed by atoms with Gasteiger partial charge in [0.2, 0.25) is 5.88 Å². The lowest BCUT2D eigenvalue weighted by atomic mass is 9.87. The standard InChI is InChI=1S/C19H19N3O2/c1-19(2,3)13-10-8-12(9-11-13)17(23)22-21-16-14-6-4-5-7-15(14)20-18(16)24/h4-11,20,24H,1-3H3. The van der Waals surface area contributed by atoms with Gasteiger partial charge in [-0.15, -0.1) is 10.2 Å². The zero-order valence-electron chi connectivity index (χ0n) is 13.9. The first kappa shape index (κ1) is 15.9. The number of benzene rings is 2. The van der Waals surface area contributed by atoms with E-state index in [0.29, 0.717) is 5.56 Å². The van der Waals surface area contributed by atoms with Gasteiger partial charge >= 0.3 is 0 Å². The lowest BCUT2D eigenvalue weighted by Crippen LogP contribution is -2.11. The average molecular weight is 321 g/mol.